The molecule has 0 aromatic rings. The number of thiol groups is 1. The molecule has 0 aliphatic carbocycles. The topological polar surface area (TPSA) is 43.4 Å². The van der Waals surface area contributed by atoms with Gasteiger partial charge < -0.3 is 0 Å². The minimum atomic E-state index is -3.38. The van der Waals surface area contributed by atoms with E-state index in [9.17, 15) is 8.42 Å². The Balaban J connectivity index is 0. The van der Waals surface area contributed by atoms with E-state index in [1.165, 1.54) is 122 Å². The Morgan fingerprint density at radius 3 is 0.967 bits per heavy atom. The van der Waals surface area contributed by atoms with E-state index in [1.807, 2.05) is 0 Å². The van der Waals surface area contributed by atoms with Crippen LogP contribution in [0.4, 0.5) is 0 Å². The molecular weight excluding hydrogens is 423 g/mol. The first kappa shape index (κ1) is 33.4. The van der Waals surface area contributed by atoms with Crippen LogP contribution in [0, 0.1) is 0 Å². The molecule has 3 nitrogen and oxygen atoms in total. The Hall–Kier alpha value is 1.26. The van der Waals surface area contributed by atoms with Gasteiger partial charge >= 0.3 is 29.6 Å². The third-order valence-corrected chi connectivity index (χ3v) is 7.56. The summed E-state index contributed by atoms with van der Waals surface area (Å²) >= 11 is 3.36. The monoisotopic (exact) mass is 474 g/mol. The van der Waals surface area contributed by atoms with E-state index in [4.69, 9.17) is 0 Å². The summed E-state index contributed by atoms with van der Waals surface area (Å²) in [4.78, 5) is 0. The summed E-state index contributed by atoms with van der Waals surface area (Å²) in [5, 5.41) is 0. The fourth-order valence-electron chi connectivity index (χ4n) is 3.92. The summed E-state index contributed by atoms with van der Waals surface area (Å²) in [6, 6.07) is 0. The van der Waals surface area contributed by atoms with E-state index in [0.717, 1.165) is 12.8 Å². The molecule has 0 rings (SSSR count). The molecule has 0 unspecified atom stereocenters. The second-order valence-electron chi connectivity index (χ2n) is 8.76. The van der Waals surface area contributed by atoms with E-state index < -0.39 is 10.1 Å². The Bertz CT molecular complexity index is 417. The molecule has 0 saturated carbocycles. The fourth-order valence-corrected chi connectivity index (χ4v) is 4.78. The van der Waals surface area contributed by atoms with Gasteiger partial charge in [-0.05, 0) is 19.3 Å². The van der Waals surface area contributed by atoms with Gasteiger partial charge in [0.2, 0.25) is 0 Å². The molecule has 178 valence electrons. The summed E-state index contributed by atoms with van der Waals surface area (Å²) in [5.74, 6) is 0.0929. The fraction of sp³-hybridized carbons (Fsp3) is 1.00. The van der Waals surface area contributed by atoms with Crippen LogP contribution >= 0.6 is 12.9 Å². The van der Waals surface area contributed by atoms with Crippen LogP contribution in [0.5, 0.6) is 0 Å². The van der Waals surface area contributed by atoms with Crippen LogP contribution in [-0.4, -0.2) is 43.7 Å². The Morgan fingerprint density at radius 1 is 0.500 bits per heavy atom. The molecule has 0 aromatic carbocycles. The van der Waals surface area contributed by atoms with Gasteiger partial charge in [0.25, 0.3) is 10.1 Å². The molecule has 0 spiro atoms. The molecule has 30 heavy (non-hydrogen) atoms. The molecule has 0 radical (unpaired) electrons. The van der Waals surface area contributed by atoms with Crippen molar-refractivity contribution in [1.82, 2.24) is 0 Å². The molecule has 0 amide bonds. The van der Waals surface area contributed by atoms with Crippen molar-refractivity contribution >= 4 is 52.6 Å². The van der Waals surface area contributed by atoms with Gasteiger partial charge in [-0.15, -0.1) is 0 Å². The summed E-state index contributed by atoms with van der Waals surface area (Å²) in [6.07, 6.45) is 29.4. The van der Waals surface area contributed by atoms with Crippen molar-refractivity contribution in [2.45, 2.75) is 148 Å². The van der Waals surface area contributed by atoms with Crippen molar-refractivity contribution in [2.24, 2.45) is 0 Å². The third-order valence-electron chi connectivity index (χ3n) is 5.86. The van der Waals surface area contributed by atoms with Gasteiger partial charge in [0.05, 0.1) is 5.75 Å². The predicted molar refractivity (Wildman–Crippen MR) is 138 cm³/mol. The summed E-state index contributed by atoms with van der Waals surface area (Å²) in [5.41, 5.74) is 0. The van der Waals surface area contributed by atoms with Crippen LogP contribution in [0.1, 0.15) is 148 Å². The zero-order valence-corrected chi connectivity index (χ0v) is 21.1. The van der Waals surface area contributed by atoms with E-state index in [0.29, 0.717) is 6.42 Å². The Labute approximate surface area is 217 Å². The van der Waals surface area contributed by atoms with Gasteiger partial charge in [-0.25, -0.2) is 3.63 Å². The maximum atomic E-state index is 11.1. The van der Waals surface area contributed by atoms with Crippen LogP contribution < -0.4 is 0 Å². The zero-order chi connectivity index (χ0) is 21.5. The molecular formula is C24H51NaO3S2. The molecule has 0 heterocycles. The van der Waals surface area contributed by atoms with Crippen LogP contribution in [-0.2, 0) is 13.7 Å². The quantitative estimate of drug-likeness (QED) is 0.0664. The molecule has 0 bridgehead atoms. The van der Waals surface area contributed by atoms with Gasteiger partial charge in [0.1, 0.15) is 0 Å². The molecule has 0 aliphatic rings. The molecule has 0 atom stereocenters. The van der Waals surface area contributed by atoms with E-state index in [-0.39, 0.29) is 35.3 Å². The summed E-state index contributed by atoms with van der Waals surface area (Å²) < 4.78 is 26.4. The second kappa shape index (κ2) is 26.5. The first-order chi connectivity index (χ1) is 14.1. The Kier molecular flexibility index (Phi) is 29.5. The number of hydrogen-bond donors (Lipinski definition) is 1. The van der Waals surface area contributed by atoms with Gasteiger partial charge in [-0.2, -0.15) is 8.42 Å². The van der Waals surface area contributed by atoms with E-state index in [2.05, 4.69) is 23.5 Å². The van der Waals surface area contributed by atoms with Crippen LogP contribution in [0.25, 0.3) is 0 Å². The standard InChI is InChI=1S/C24H50O3S2.Na.H/c1-2-3-4-5-6-7-8-9-10-11-12-13-14-15-16-17-18-19-20-21-22-23-24-29(25,26)27-28;;/h28H,2-24H2,1H3;;. The van der Waals surface area contributed by atoms with E-state index >= 15 is 0 Å². The Morgan fingerprint density at radius 2 is 0.733 bits per heavy atom. The minimum absolute atomic E-state index is 0. The SMILES string of the molecule is CCCCCCCCCCCCCCCCCCCCCCCCS(=O)(=O)OS.[NaH]. The van der Waals surface area contributed by atoms with Crippen molar-refractivity contribution in [3.05, 3.63) is 0 Å². The zero-order valence-electron chi connectivity index (χ0n) is 19.3. The van der Waals surface area contributed by atoms with Gasteiger partial charge in [0.15, 0.2) is 0 Å². The maximum absolute atomic E-state index is 11.1. The van der Waals surface area contributed by atoms with Crippen molar-refractivity contribution in [1.29, 1.82) is 0 Å². The number of hydrogen-bond acceptors (Lipinski definition) is 4. The average Bonchev–Trinajstić information content (AvgIpc) is 2.71. The van der Waals surface area contributed by atoms with Gasteiger partial charge in [-0.1, -0.05) is 142 Å². The third kappa shape index (κ3) is 27.3. The molecule has 0 aromatic heterocycles. The van der Waals surface area contributed by atoms with E-state index in [1.54, 1.807) is 0 Å². The number of unbranched alkanes of at least 4 members (excludes halogenated alkanes) is 21. The van der Waals surface area contributed by atoms with Gasteiger partial charge in [0, 0.05) is 0 Å². The first-order valence-electron chi connectivity index (χ1n) is 12.7. The first-order valence-corrected chi connectivity index (χ1v) is 14.6. The number of rotatable bonds is 24. The molecule has 0 saturated heterocycles. The normalized spacial score (nSPS) is 11.5. The van der Waals surface area contributed by atoms with Crippen LogP contribution in [0.15, 0.2) is 0 Å². The second-order valence-corrected chi connectivity index (χ2v) is 10.9. The molecule has 0 fully saturated rings. The molecule has 0 aliphatic heterocycles. The van der Waals surface area contributed by atoms with Crippen molar-refractivity contribution in [2.75, 3.05) is 5.75 Å². The molecule has 0 N–H and O–H groups in total. The van der Waals surface area contributed by atoms with Gasteiger partial charge in [-0.3, -0.25) is 0 Å². The summed E-state index contributed by atoms with van der Waals surface area (Å²) in [6.45, 7) is 2.29. The predicted octanol–water partition coefficient (Wildman–Crippen LogP) is 8.13. The van der Waals surface area contributed by atoms with Crippen molar-refractivity contribution < 1.29 is 12.0 Å². The molecule has 6 heteroatoms. The average molecular weight is 475 g/mol. The van der Waals surface area contributed by atoms with Crippen LogP contribution in [0.3, 0.4) is 0 Å². The van der Waals surface area contributed by atoms with Crippen molar-refractivity contribution in [3.8, 4) is 0 Å². The summed E-state index contributed by atoms with van der Waals surface area (Å²) in [7, 11) is -3.38. The van der Waals surface area contributed by atoms with Crippen LogP contribution in [0.2, 0.25) is 0 Å². The van der Waals surface area contributed by atoms with Crippen molar-refractivity contribution in [3.63, 3.8) is 0 Å².